The minimum absolute atomic E-state index is 0.137. The molecule has 0 heterocycles. The number of hydrogen-bond acceptors (Lipinski definition) is 2. The van der Waals surface area contributed by atoms with Gasteiger partial charge in [-0.1, -0.05) is 19.1 Å². The Kier molecular flexibility index (Phi) is 5.19. The van der Waals surface area contributed by atoms with Crippen LogP contribution in [0.4, 0.5) is 0 Å². The predicted molar refractivity (Wildman–Crippen MR) is 66.6 cm³/mol. The Morgan fingerprint density at radius 1 is 1.38 bits per heavy atom. The first-order valence-corrected chi connectivity index (χ1v) is 5.49. The van der Waals surface area contributed by atoms with E-state index in [0.29, 0.717) is 6.54 Å². The van der Waals surface area contributed by atoms with Crippen LogP contribution in [0.1, 0.15) is 18.9 Å². The van der Waals surface area contributed by atoms with Crippen LogP contribution in [-0.4, -0.2) is 19.1 Å². The number of guanidine groups is 1. The van der Waals surface area contributed by atoms with E-state index in [1.54, 1.807) is 0 Å². The molecule has 0 aliphatic rings. The standard InChI is InChI=1S/C12H19N3O/c1-2-8-16-11-5-3-4-10(9-11)6-7-15-12(13)14/h3-5,9H,2,6-8H2,1H3,(H4,13,14,15). The van der Waals surface area contributed by atoms with Crippen molar-refractivity contribution in [2.24, 2.45) is 16.5 Å². The highest BCUT2D eigenvalue weighted by atomic mass is 16.5. The van der Waals surface area contributed by atoms with Crippen molar-refractivity contribution in [1.29, 1.82) is 0 Å². The van der Waals surface area contributed by atoms with Gasteiger partial charge < -0.3 is 16.2 Å². The molecule has 4 heteroatoms. The Bertz CT molecular complexity index is 346. The van der Waals surface area contributed by atoms with Gasteiger partial charge in [0.25, 0.3) is 0 Å². The summed E-state index contributed by atoms with van der Waals surface area (Å²) in [5, 5.41) is 0. The molecule has 0 bridgehead atoms. The lowest BCUT2D eigenvalue weighted by atomic mass is 10.1. The molecule has 4 nitrogen and oxygen atoms in total. The molecule has 0 saturated heterocycles. The largest absolute Gasteiger partial charge is 0.494 e. The van der Waals surface area contributed by atoms with Gasteiger partial charge in [0, 0.05) is 6.54 Å². The smallest absolute Gasteiger partial charge is 0.185 e. The first-order valence-electron chi connectivity index (χ1n) is 5.49. The fourth-order valence-electron chi connectivity index (χ4n) is 1.32. The molecule has 0 spiro atoms. The molecule has 88 valence electrons. The number of benzene rings is 1. The molecule has 0 aromatic heterocycles. The van der Waals surface area contributed by atoms with Crippen LogP contribution in [0.5, 0.6) is 5.75 Å². The lowest BCUT2D eigenvalue weighted by Crippen LogP contribution is -2.23. The Hall–Kier alpha value is -1.71. The molecule has 0 aliphatic carbocycles. The van der Waals surface area contributed by atoms with Crippen molar-refractivity contribution in [3.05, 3.63) is 29.8 Å². The number of nitrogens with zero attached hydrogens (tertiary/aromatic N) is 1. The van der Waals surface area contributed by atoms with Crippen LogP contribution in [0.25, 0.3) is 0 Å². The van der Waals surface area contributed by atoms with E-state index in [9.17, 15) is 0 Å². The van der Waals surface area contributed by atoms with Crippen LogP contribution in [0.15, 0.2) is 29.3 Å². The van der Waals surface area contributed by atoms with Crippen LogP contribution in [-0.2, 0) is 6.42 Å². The Balaban J connectivity index is 2.50. The van der Waals surface area contributed by atoms with Crippen molar-refractivity contribution in [3.63, 3.8) is 0 Å². The minimum atomic E-state index is 0.137. The van der Waals surface area contributed by atoms with Crippen molar-refractivity contribution < 1.29 is 4.74 Å². The lowest BCUT2D eigenvalue weighted by molar-refractivity contribution is 0.317. The molecule has 0 fully saturated rings. The zero-order valence-electron chi connectivity index (χ0n) is 9.65. The minimum Gasteiger partial charge on any atom is -0.494 e. The van der Waals surface area contributed by atoms with Crippen LogP contribution in [0, 0.1) is 0 Å². The van der Waals surface area contributed by atoms with Gasteiger partial charge >= 0.3 is 0 Å². The molecular weight excluding hydrogens is 202 g/mol. The Labute approximate surface area is 96.3 Å². The molecule has 0 amide bonds. The molecule has 0 radical (unpaired) electrons. The molecule has 0 aliphatic heterocycles. The SMILES string of the molecule is CCCOc1cccc(CCN=C(N)N)c1. The molecular formula is C12H19N3O. The van der Waals surface area contributed by atoms with Crippen molar-refractivity contribution >= 4 is 5.96 Å². The molecule has 1 rings (SSSR count). The molecule has 4 N–H and O–H groups in total. The zero-order chi connectivity index (χ0) is 11.8. The second-order valence-electron chi connectivity index (χ2n) is 3.55. The van der Waals surface area contributed by atoms with Gasteiger partial charge in [0.2, 0.25) is 0 Å². The number of ether oxygens (including phenoxy) is 1. The second kappa shape index (κ2) is 6.71. The van der Waals surface area contributed by atoms with Gasteiger partial charge in [0.05, 0.1) is 6.61 Å². The lowest BCUT2D eigenvalue weighted by Gasteiger charge is -2.06. The summed E-state index contributed by atoms with van der Waals surface area (Å²) in [4.78, 5) is 3.94. The number of aliphatic imine (C=N–C) groups is 1. The van der Waals surface area contributed by atoms with E-state index in [1.165, 1.54) is 5.56 Å². The van der Waals surface area contributed by atoms with E-state index in [2.05, 4.69) is 11.9 Å². The van der Waals surface area contributed by atoms with Gasteiger partial charge in [0.15, 0.2) is 5.96 Å². The third kappa shape index (κ3) is 4.68. The topological polar surface area (TPSA) is 73.6 Å². The molecule has 0 unspecified atom stereocenters. The normalized spacial score (nSPS) is 9.81. The predicted octanol–water partition coefficient (Wildman–Crippen LogP) is 1.29. The van der Waals surface area contributed by atoms with Gasteiger partial charge in [-0.2, -0.15) is 0 Å². The van der Waals surface area contributed by atoms with E-state index in [4.69, 9.17) is 16.2 Å². The molecule has 0 saturated carbocycles. The second-order valence-corrected chi connectivity index (χ2v) is 3.55. The van der Waals surface area contributed by atoms with Crippen molar-refractivity contribution in [2.75, 3.05) is 13.2 Å². The summed E-state index contributed by atoms with van der Waals surface area (Å²) in [6.07, 6.45) is 1.83. The quantitative estimate of drug-likeness (QED) is 0.561. The highest BCUT2D eigenvalue weighted by Crippen LogP contribution is 2.13. The van der Waals surface area contributed by atoms with Crippen LogP contribution in [0.2, 0.25) is 0 Å². The molecule has 0 atom stereocenters. The third-order valence-electron chi connectivity index (χ3n) is 2.07. The molecule has 1 aromatic carbocycles. The number of hydrogen-bond donors (Lipinski definition) is 2. The summed E-state index contributed by atoms with van der Waals surface area (Å²) in [7, 11) is 0. The van der Waals surface area contributed by atoms with E-state index < -0.39 is 0 Å². The zero-order valence-corrected chi connectivity index (χ0v) is 9.65. The summed E-state index contributed by atoms with van der Waals surface area (Å²) in [6, 6.07) is 8.01. The van der Waals surface area contributed by atoms with Crippen LogP contribution < -0.4 is 16.2 Å². The summed E-state index contributed by atoms with van der Waals surface area (Å²) >= 11 is 0. The first kappa shape index (κ1) is 12.4. The fraction of sp³-hybridized carbons (Fsp3) is 0.417. The molecule has 1 aromatic rings. The number of rotatable bonds is 6. The summed E-state index contributed by atoms with van der Waals surface area (Å²) in [5.41, 5.74) is 11.7. The van der Waals surface area contributed by atoms with E-state index in [0.717, 1.165) is 25.2 Å². The third-order valence-corrected chi connectivity index (χ3v) is 2.07. The van der Waals surface area contributed by atoms with E-state index in [1.807, 2.05) is 24.3 Å². The number of nitrogens with two attached hydrogens (primary N) is 2. The summed E-state index contributed by atoms with van der Waals surface area (Å²) in [6.45, 7) is 3.44. The maximum atomic E-state index is 5.54. The van der Waals surface area contributed by atoms with Gasteiger partial charge in [-0.15, -0.1) is 0 Å². The van der Waals surface area contributed by atoms with Crippen molar-refractivity contribution in [1.82, 2.24) is 0 Å². The maximum absolute atomic E-state index is 5.54. The average molecular weight is 221 g/mol. The van der Waals surface area contributed by atoms with Crippen molar-refractivity contribution in [2.45, 2.75) is 19.8 Å². The summed E-state index contributed by atoms with van der Waals surface area (Å²) < 4.78 is 5.54. The highest BCUT2D eigenvalue weighted by Gasteiger charge is 1.96. The van der Waals surface area contributed by atoms with Crippen LogP contribution >= 0.6 is 0 Å². The fourth-order valence-corrected chi connectivity index (χ4v) is 1.32. The highest BCUT2D eigenvalue weighted by molar-refractivity contribution is 5.75. The van der Waals surface area contributed by atoms with Gasteiger partial charge in [0.1, 0.15) is 5.75 Å². The monoisotopic (exact) mass is 221 g/mol. The average Bonchev–Trinajstić information content (AvgIpc) is 2.26. The maximum Gasteiger partial charge on any atom is 0.185 e. The Morgan fingerprint density at radius 2 is 2.19 bits per heavy atom. The Morgan fingerprint density at radius 3 is 2.88 bits per heavy atom. The summed E-state index contributed by atoms with van der Waals surface area (Å²) in [5.74, 6) is 1.04. The van der Waals surface area contributed by atoms with Crippen molar-refractivity contribution in [3.8, 4) is 5.75 Å². The first-order chi connectivity index (χ1) is 7.72. The van der Waals surface area contributed by atoms with Gasteiger partial charge in [-0.25, -0.2) is 0 Å². The molecule has 16 heavy (non-hydrogen) atoms. The van der Waals surface area contributed by atoms with E-state index in [-0.39, 0.29) is 5.96 Å². The van der Waals surface area contributed by atoms with Crippen LogP contribution in [0.3, 0.4) is 0 Å². The van der Waals surface area contributed by atoms with Gasteiger partial charge in [-0.3, -0.25) is 4.99 Å². The van der Waals surface area contributed by atoms with E-state index >= 15 is 0 Å². The van der Waals surface area contributed by atoms with Gasteiger partial charge in [-0.05, 0) is 30.5 Å².